The molecule has 0 aromatic heterocycles. The fourth-order valence-corrected chi connectivity index (χ4v) is 4.22. The van der Waals surface area contributed by atoms with Crippen molar-refractivity contribution in [3.8, 4) is 5.75 Å². The molecule has 1 unspecified atom stereocenters. The summed E-state index contributed by atoms with van der Waals surface area (Å²) in [7, 11) is 0. The van der Waals surface area contributed by atoms with Crippen LogP contribution in [-0.2, 0) is 16.8 Å². The second kappa shape index (κ2) is 7.45. The first kappa shape index (κ1) is 18.8. The van der Waals surface area contributed by atoms with Crippen molar-refractivity contribution in [2.45, 2.75) is 30.9 Å². The largest absolute Gasteiger partial charge is 0.481 e. The zero-order chi connectivity index (χ0) is 19.7. The Morgan fingerprint density at radius 2 is 2.04 bits per heavy atom. The molecule has 6 heteroatoms. The van der Waals surface area contributed by atoms with Crippen molar-refractivity contribution in [3.05, 3.63) is 70.8 Å². The highest BCUT2D eigenvalue weighted by atomic mass is 19.2. The number of hydrogen-bond donors (Lipinski definition) is 2. The van der Waals surface area contributed by atoms with Crippen molar-refractivity contribution in [3.63, 3.8) is 0 Å². The van der Waals surface area contributed by atoms with Crippen molar-refractivity contribution in [2.75, 3.05) is 13.1 Å². The lowest BCUT2D eigenvalue weighted by Gasteiger charge is -2.37. The number of fused-ring (bicyclic) bond motifs is 2. The standard InChI is InChI=1S/C22H22F2N2O2/c23-17-3-1-2-15(20(17)24)5-6-18(27)21-22(8-10-26-11-9-22)16-12-14(13-25)4-7-19(16)28-21/h1-7,12,21,26H,8-11,13,25H2. The normalized spacial score (nSPS) is 20.3. The maximum atomic E-state index is 13.9. The molecule has 2 aromatic rings. The van der Waals surface area contributed by atoms with Crippen molar-refractivity contribution in [1.29, 1.82) is 0 Å². The number of halogens is 2. The summed E-state index contributed by atoms with van der Waals surface area (Å²) in [6, 6.07) is 9.69. The van der Waals surface area contributed by atoms with Gasteiger partial charge in [0.15, 0.2) is 23.5 Å². The number of benzene rings is 2. The van der Waals surface area contributed by atoms with Gasteiger partial charge in [-0.15, -0.1) is 0 Å². The van der Waals surface area contributed by atoms with Crippen LogP contribution in [0, 0.1) is 11.6 Å². The van der Waals surface area contributed by atoms with Gasteiger partial charge in [0.1, 0.15) is 5.75 Å². The van der Waals surface area contributed by atoms with Crippen molar-refractivity contribution in [2.24, 2.45) is 5.73 Å². The SMILES string of the molecule is NCc1ccc2c(c1)C1(CCNCC1)C(C(=O)C=Cc1cccc(F)c1F)O2. The first-order valence-corrected chi connectivity index (χ1v) is 9.42. The van der Waals surface area contributed by atoms with Crippen LogP contribution in [-0.4, -0.2) is 25.0 Å². The van der Waals surface area contributed by atoms with E-state index in [1.54, 1.807) is 0 Å². The lowest BCUT2D eigenvalue weighted by atomic mass is 9.69. The first-order valence-electron chi connectivity index (χ1n) is 9.42. The molecule has 1 fully saturated rings. The average molecular weight is 384 g/mol. The van der Waals surface area contributed by atoms with E-state index in [0.29, 0.717) is 12.3 Å². The molecule has 3 N–H and O–H groups in total. The predicted molar refractivity (Wildman–Crippen MR) is 103 cm³/mol. The van der Waals surface area contributed by atoms with E-state index in [4.69, 9.17) is 10.5 Å². The maximum absolute atomic E-state index is 13.9. The van der Waals surface area contributed by atoms with Crippen LogP contribution in [0.15, 0.2) is 42.5 Å². The summed E-state index contributed by atoms with van der Waals surface area (Å²) in [5.41, 5.74) is 7.40. The molecule has 4 nitrogen and oxygen atoms in total. The van der Waals surface area contributed by atoms with Crippen LogP contribution in [0.1, 0.15) is 29.5 Å². The molecular weight excluding hydrogens is 362 g/mol. The van der Waals surface area contributed by atoms with E-state index in [0.717, 1.165) is 43.1 Å². The highest BCUT2D eigenvalue weighted by Gasteiger charge is 2.52. The molecule has 2 aliphatic heterocycles. The molecule has 146 valence electrons. The van der Waals surface area contributed by atoms with Crippen LogP contribution < -0.4 is 15.8 Å². The van der Waals surface area contributed by atoms with Gasteiger partial charge in [0.05, 0.1) is 0 Å². The number of carbonyl (C=O) groups excluding carboxylic acids is 1. The fourth-order valence-electron chi connectivity index (χ4n) is 4.22. The molecule has 2 heterocycles. The Kier molecular flexibility index (Phi) is 5.00. The molecule has 1 saturated heterocycles. The number of hydrogen-bond acceptors (Lipinski definition) is 4. The van der Waals surface area contributed by atoms with Gasteiger partial charge in [0.25, 0.3) is 0 Å². The Hall–Kier alpha value is -2.57. The molecule has 28 heavy (non-hydrogen) atoms. The van der Waals surface area contributed by atoms with Gasteiger partial charge in [-0.25, -0.2) is 8.78 Å². The monoisotopic (exact) mass is 384 g/mol. The van der Waals surface area contributed by atoms with Gasteiger partial charge in [-0.05, 0) is 55.8 Å². The molecule has 1 atom stereocenters. The lowest BCUT2D eigenvalue weighted by molar-refractivity contribution is -0.123. The van der Waals surface area contributed by atoms with Gasteiger partial charge in [-0.3, -0.25) is 4.79 Å². The topological polar surface area (TPSA) is 64.3 Å². The molecule has 2 aliphatic rings. The smallest absolute Gasteiger partial charge is 0.197 e. The highest BCUT2D eigenvalue weighted by Crippen LogP contribution is 2.49. The Morgan fingerprint density at radius 1 is 1.25 bits per heavy atom. The summed E-state index contributed by atoms with van der Waals surface area (Å²) in [4.78, 5) is 13.0. The van der Waals surface area contributed by atoms with Gasteiger partial charge in [0.2, 0.25) is 0 Å². The fraction of sp³-hybridized carbons (Fsp3) is 0.318. The van der Waals surface area contributed by atoms with Crippen LogP contribution in [0.4, 0.5) is 8.78 Å². The van der Waals surface area contributed by atoms with Gasteiger partial charge in [0, 0.05) is 23.1 Å². The van der Waals surface area contributed by atoms with E-state index in [1.807, 2.05) is 18.2 Å². The van der Waals surface area contributed by atoms with Crippen LogP contribution in [0.5, 0.6) is 5.75 Å². The minimum absolute atomic E-state index is 0.0358. The quantitative estimate of drug-likeness (QED) is 0.796. The number of rotatable bonds is 4. The zero-order valence-electron chi connectivity index (χ0n) is 15.4. The number of ether oxygens (including phenoxy) is 1. The number of ketones is 1. The third-order valence-corrected chi connectivity index (χ3v) is 5.73. The molecule has 1 spiro atoms. The number of nitrogens with one attached hydrogen (secondary N) is 1. The van der Waals surface area contributed by atoms with E-state index in [2.05, 4.69) is 5.32 Å². The minimum atomic E-state index is -0.966. The van der Waals surface area contributed by atoms with Crippen molar-refractivity contribution < 1.29 is 18.3 Å². The molecule has 0 aliphatic carbocycles. The molecule has 0 saturated carbocycles. The zero-order valence-corrected chi connectivity index (χ0v) is 15.4. The Balaban J connectivity index is 1.67. The molecule has 0 amide bonds. The molecular formula is C22H22F2N2O2. The van der Waals surface area contributed by atoms with E-state index < -0.39 is 23.2 Å². The second-order valence-corrected chi connectivity index (χ2v) is 7.32. The van der Waals surface area contributed by atoms with Crippen LogP contribution >= 0.6 is 0 Å². The predicted octanol–water partition coefficient (Wildman–Crippen LogP) is 3.09. The van der Waals surface area contributed by atoms with E-state index in [-0.39, 0.29) is 11.3 Å². The van der Waals surface area contributed by atoms with Gasteiger partial charge in [-0.1, -0.05) is 24.3 Å². The maximum Gasteiger partial charge on any atom is 0.197 e. The summed E-state index contributed by atoms with van der Waals surface area (Å²) >= 11 is 0. The van der Waals surface area contributed by atoms with Gasteiger partial charge >= 0.3 is 0 Å². The minimum Gasteiger partial charge on any atom is -0.481 e. The third-order valence-electron chi connectivity index (χ3n) is 5.73. The molecule has 0 bridgehead atoms. The first-order chi connectivity index (χ1) is 13.5. The number of carbonyl (C=O) groups is 1. The summed E-state index contributed by atoms with van der Waals surface area (Å²) in [6.07, 6.45) is 3.43. The number of nitrogens with two attached hydrogens (primary N) is 1. The average Bonchev–Trinajstić information content (AvgIpc) is 3.02. The third kappa shape index (κ3) is 3.12. The van der Waals surface area contributed by atoms with E-state index in [9.17, 15) is 13.6 Å². The highest BCUT2D eigenvalue weighted by molar-refractivity contribution is 5.99. The summed E-state index contributed by atoms with van der Waals surface area (Å²) in [5, 5.41) is 3.33. The van der Waals surface area contributed by atoms with Crippen molar-refractivity contribution in [1.82, 2.24) is 5.32 Å². The van der Waals surface area contributed by atoms with Crippen LogP contribution in [0.25, 0.3) is 6.08 Å². The molecule has 4 rings (SSSR count). The summed E-state index contributed by atoms with van der Waals surface area (Å²) in [5.74, 6) is -1.46. The Labute approximate surface area is 162 Å². The van der Waals surface area contributed by atoms with Crippen LogP contribution in [0.2, 0.25) is 0 Å². The van der Waals surface area contributed by atoms with E-state index in [1.165, 1.54) is 24.3 Å². The Bertz CT molecular complexity index is 936. The molecule has 0 radical (unpaired) electrons. The summed E-state index contributed by atoms with van der Waals surface area (Å²) in [6.45, 7) is 1.97. The lowest BCUT2D eigenvalue weighted by Crippen LogP contribution is -2.49. The van der Waals surface area contributed by atoms with Gasteiger partial charge in [-0.2, -0.15) is 0 Å². The second-order valence-electron chi connectivity index (χ2n) is 7.32. The van der Waals surface area contributed by atoms with Crippen LogP contribution in [0.3, 0.4) is 0 Å². The Morgan fingerprint density at radius 3 is 2.79 bits per heavy atom. The van der Waals surface area contributed by atoms with Gasteiger partial charge < -0.3 is 15.8 Å². The summed E-state index contributed by atoms with van der Waals surface area (Å²) < 4.78 is 33.4. The number of piperidine rings is 1. The van der Waals surface area contributed by atoms with E-state index >= 15 is 0 Å². The molecule has 2 aromatic carbocycles. The van der Waals surface area contributed by atoms with Crippen molar-refractivity contribution >= 4 is 11.9 Å².